The van der Waals surface area contributed by atoms with Crippen LogP contribution in [-0.2, 0) is 11.0 Å². The lowest BCUT2D eigenvalue weighted by Crippen LogP contribution is -2.58. The van der Waals surface area contributed by atoms with Gasteiger partial charge in [0.2, 0.25) is 5.91 Å². The van der Waals surface area contributed by atoms with Gasteiger partial charge in [-0.05, 0) is 22.0 Å². The molecule has 9 heteroatoms. The second kappa shape index (κ2) is 6.18. The van der Waals surface area contributed by atoms with Crippen molar-refractivity contribution in [2.45, 2.75) is 12.2 Å². The van der Waals surface area contributed by atoms with Gasteiger partial charge in [-0.3, -0.25) is 4.79 Å². The summed E-state index contributed by atoms with van der Waals surface area (Å²) in [7, 11) is 1.45. The van der Waals surface area contributed by atoms with Crippen LogP contribution in [0.1, 0.15) is 5.56 Å². The molecule has 0 spiro atoms. The Hall–Kier alpha value is -1.35. The van der Waals surface area contributed by atoms with E-state index in [2.05, 4.69) is 31.5 Å². The molecule has 2 rings (SSSR count). The number of carbonyl (C=O) groups is 1. The first-order valence-electron chi connectivity index (χ1n) is 6.26. The van der Waals surface area contributed by atoms with Crippen molar-refractivity contribution in [3.63, 3.8) is 0 Å². The lowest BCUT2D eigenvalue weighted by atomic mass is 10.1. The molecule has 1 aromatic heterocycles. The summed E-state index contributed by atoms with van der Waals surface area (Å²) < 4.78 is 39.8. The lowest BCUT2D eigenvalue weighted by molar-refractivity contribution is -0.137. The molecule has 5 nitrogen and oxygen atoms in total. The van der Waals surface area contributed by atoms with Crippen LogP contribution < -0.4 is 15.5 Å². The van der Waals surface area contributed by atoms with Crippen LogP contribution in [0, 0.1) is 0 Å². The number of carbonyl (C=O) groups excluding carboxylic acids is 1. The molecule has 1 aliphatic heterocycles. The highest BCUT2D eigenvalue weighted by Gasteiger charge is 2.39. The SMILES string of the molecule is CNC(=O)C1CNCCN1c1ncc(Br)cc1C(F)(F)F. The zero-order valence-electron chi connectivity index (χ0n) is 11.2. The quantitative estimate of drug-likeness (QED) is 0.830. The van der Waals surface area contributed by atoms with Crippen LogP contribution in [0.5, 0.6) is 0 Å². The van der Waals surface area contributed by atoms with Gasteiger partial charge in [-0.25, -0.2) is 4.98 Å². The van der Waals surface area contributed by atoms with Crippen molar-refractivity contribution >= 4 is 27.7 Å². The number of piperazine rings is 1. The molecule has 2 heterocycles. The monoisotopic (exact) mass is 366 g/mol. The van der Waals surface area contributed by atoms with E-state index in [1.54, 1.807) is 0 Å². The second-order valence-corrected chi connectivity index (χ2v) is 5.47. The van der Waals surface area contributed by atoms with Gasteiger partial charge in [0.15, 0.2) is 0 Å². The van der Waals surface area contributed by atoms with Gasteiger partial charge < -0.3 is 15.5 Å². The van der Waals surface area contributed by atoms with Gasteiger partial charge in [0.25, 0.3) is 0 Å². The lowest BCUT2D eigenvalue weighted by Gasteiger charge is -2.37. The van der Waals surface area contributed by atoms with Crippen molar-refractivity contribution in [3.05, 3.63) is 22.3 Å². The molecule has 0 bridgehead atoms. The number of hydrogen-bond acceptors (Lipinski definition) is 4. The van der Waals surface area contributed by atoms with E-state index < -0.39 is 17.8 Å². The van der Waals surface area contributed by atoms with Gasteiger partial charge in [-0.1, -0.05) is 0 Å². The van der Waals surface area contributed by atoms with Gasteiger partial charge in [0.05, 0.1) is 5.56 Å². The van der Waals surface area contributed by atoms with Crippen molar-refractivity contribution in [2.24, 2.45) is 0 Å². The van der Waals surface area contributed by atoms with Gasteiger partial charge in [0, 0.05) is 37.4 Å². The van der Waals surface area contributed by atoms with Crippen LogP contribution in [0.3, 0.4) is 0 Å². The van der Waals surface area contributed by atoms with Gasteiger partial charge in [0.1, 0.15) is 11.9 Å². The predicted octanol–water partition coefficient (Wildman–Crippen LogP) is 1.39. The maximum atomic E-state index is 13.2. The fraction of sp³-hybridized carbons (Fsp3) is 0.500. The molecule has 116 valence electrons. The number of halogens is 4. The standard InChI is InChI=1S/C12H14BrF3N4O/c1-17-11(21)9-6-18-2-3-20(9)10-8(12(14,15)16)4-7(13)5-19-10/h4-5,9,18H,2-3,6H2,1H3,(H,17,21). The average molecular weight is 367 g/mol. The largest absolute Gasteiger partial charge is 0.419 e. The number of rotatable bonds is 2. The molecule has 1 aromatic rings. The Bertz CT molecular complexity index is 538. The molecule has 1 unspecified atom stereocenters. The van der Waals surface area contributed by atoms with Gasteiger partial charge in [-0.15, -0.1) is 0 Å². The van der Waals surface area contributed by atoms with E-state index in [1.807, 2.05) is 0 Å². The Kier molecular flexibility index (Phi) is 4.72. The highest BCUT2D eigenvalue weighted by molar-refractivity contribution is 9.10. The maximum absolute atomic E-state index is 13.2. The molecule has 1 aliphatic rings. The summed E-state index contributed by atoms with van der Waals surface area (Å²) in [4.78, 5) is 17.1. The number of amides is 1. The number of alkyl halides is 3. The van der Waals surface area contributed by atoms with E-state index in [-0.39, 0.29) is 29.3 Å². The molecule has 1 fully saturated rings. The summed E-state index contributed by atoms with van der Waals surface area (Å²) in [6.45, 7) is 1.03. The summed E-state index contributed by atoms with van der Waals surface area (Å²) in [6, 6.07) is 0.254. The van der Waals surface area contributed by atoms with E-state index in [1.165, 1.54) is 18.1 Å². The Morgan fingerprint density at radius 1 is 1.57 bits per heavy atom. The summed E-state index contributed by atoms with van der Waals surface area (Å²) in [5.74, 6) is -0.569. The Balaban J connectivity index is 2.46. The number of likely N-dealkylation sites (N-methyl/N-ethyl adjacent to an activating group) is 1. The highest BCUT2D eigenvalue weighted by Crippen LogP contribution is 2.37. The molecule has 21 heavy (non-hydrogen) atoms. The zero-order chi connectivity index (χ0) is 15.6. The number of aromatic nitrogens is 1. The molecular formula is C12H14BrF3N4O. The zero-order valence-corrected chi connectivity index (χ0v) is 12.8. The molecule has 0 aliphatic carbocycles. The van der Waals surface area contributed by atoms with Crippen molar-refractivity contribution in [1.29, 1.82) is 0 Å². The van der Waals surface area contributed by atoms with Crippen molar-refractivity contribution in [1.82, 2.24) is 15.6 Å². The number of nitrogens with one attached hydrogen (secondary N) is 2. The molecule has 2 N–H and O–H groups in total. The molecular weight excluding hydrogens is 353 g/mol. The Morgan fingerprint density at radius 3 is 2.90 bits per heavy atom. The summed E-state index contributed by atoms with van der Waals surface area (Å²) in [5, 5.41) is 5.46. The minimum atomic E-state index is -4.54. The third-order valence-electron chi connectivity index (χ3n) is 3.20. The predicted molar refractivity (Wildman–Crippen MR) is 75.0 cm³/mol. The van der Waals surface area contributed by atoms with Crippen LogP contribution in [-0.4, -0.2) is 43.6 Å². The molecule has 0 radical (unpaired) electrons. The smallest absolute Gasteiger partial charge is 0.357 e. The second-order valence-electron chi connectivity index (χ2n) is 4.55. The summed E-state index contributed by atoms with van der Waals surface area (Å²) in [6.07, 6.45) is -3.24. The highest BCUT2D eigenvalue weighted by atomic mass is 79.9. The van der Waals surface area contributed by atoms with Gasteiger partial charge in [-0.2, -0.15) is 13.2 Å². The molecule has 1 saturated heterocycles. The van der Waals surface area contributed by atoms with Crippen molar-refractivity contribution < 1.29 is 18.0 Å². The van der Waals surface area contributed by atoms with E-state index in [9.17, 15) is 18.0 Å². The number of nitrogens with zero attached hydrogens (tertiary/aromatic N) is 2. The van der Waals surface area contributed by atoms with Crippen LogP contribution in [0.4, 0.5) is 19.0 Å². The third kappa shape index (κ3) is 3.46. The number of anilines is 1. The Labute approximate surface area is 128 Å². The first-order chi connectivity index (χ1) is 9.84. The first-order valence-corrected chi connectivity index (χ1v) is 7.05. The maximum Gasteiger partial charge on any atom is 0.419 e. The average Bonchev–Trinajstić information content (AvgIpc) is 2.45. The number of hydrogen-bond donors (Lipinski definition) is 2. The Morgan fingerprint density at radius 2 is 2.29 bits per heavy atom. The third-order valence-corrected chi connectivity index (χ3v) is 3.64. The molecule has 0 saturated carbocycles. The number of pyridine rings is 1. The first kappa shape index (κ1) is 16.0. The van der Waals surface area contributed by atoms with Crippen LogP contribution in [0.15, 0.2) is 16.7 Å². The fourth-order valence-electron chi connectivity index (χ4n) is 2.23. The van der Waals surface area contributed by atoms with Crippen LogP contribution >= 0.6 is 15.9 Å². The molecule has 0 aromatic carbocycles. The summed E-state index contributed by atoms with van der Waals surface area (Å²) in [5.41, 5.74) is -0.854. The minimum Gasteiger partial charge on any atom is -0.357 e. The van der Waals surface area contributed by atoms with E-state index >= 15 is 0 Å². The molecule has 1 atom stereocenters. The minimum absolute atomic E-state index is 0.221. The van der Waals surface area contributed by atoms with E-state index in [0.29, 0.717) is 6.54 Å². The normalized spacial score (nSPS) is 19.5. The van der Waals surface area contributed by atoms with Crippen LogP contribution in [0.2, 0.25) is 0 Å². The van der Waals surface area contributed by atoms with E-state index in [4.69, 9.17) is 0 Å². The van der Waals surface area contributed by atoms with E-state index in [0.717, 1.165) is 6.07 Å². The summed E-state index contributed by atoms with van der Waals surface area (Å²) >= 11 is 3.00. The van der Waals surface area contributed by atoms with Crippen LogP contribution in [0.25, 0.3) is 0 Å². The molecule has 1 amide bonds. The van der Waals surface area contributed by atoms with Crippen molar-refractivity contribution in [3.8, 4) is 0 Å². The topological polar surface area (TPSA) is 57.3 Å². The van der Waals surface area contributed by atoms with Crippen molar-refractivity contribution in [2.75, 3.05) is 31.6 Å². The fourth-order valence-corrected chi connectivity index (χ4v) is 2.56. The van der Waals surface area contributed by atoms with Gasteiger partial charge >= 0.3 is 6.18 Å².